The van der Waals surface area contributed by atoms with E-state index >= 15 is 0 Å². The third kappa shape index (κ3) is 4.40. The standard InChI is InChI=1S/C17H26N2OS.ClH/c1-17(2)12-19(16(20)15(18)9-10-21-3)11-14(17)13-7-5-4-6-8-13;/h4-8,14-15H,9-12,18H2,1-3H3;1H/t14?,15-;/m0./s1. The van der Waals surface area contributed by atoms with E-state index in [-0.39, 0.29) is 29.8 Å². The van der Waals surface area contributed by atoms with Crippen molar-refractivity contribution in [2.45, 2.75) is 32.2 Å². The molecule has 0 aliphatic carbocycles. The molecule has 1 aliphatic rings. The lowest BCUT2D eigenvalue weighted by Gasteiger charge is -2.25. The molecule has 22 heavy (non-hydrogen) atoms. The molecular weight excluding hydrogens is 316 g/mol. The molecule has 1 aromatic carbocycles. The number of thioether (sulfide) groups is 1. The summed E-state index contributed by atoms with van der Waals surface area (Å²) >= 11 is 1.74. The number of nitrogens with two attached hydrogens (primary N) is 1. The molecule has 1 amide bonds. The van der Waals surface area contributed by atoms with Gasteiger partial charge in [-0.3, -0.25) is 4.79 Å². The Morgan fingerprint density at radius 3 is 2.64 bits per heavy atom. The van der Waals surface area contributed by atoms with E-state index in [9.17, 15) is 4.79 Å². The maximum Gasteiger partial charge on any atom is 0.239 e. The molecule has 1 fully saturated rings. The van der Waals surface area contributed by atoms with E-state index in [0.29, 0.717) is 5.92 Å². The van der Waals surface area contributed by atoms with Crippen LogP contribution in [-0.2, 0) is 4.79 Å². The van der Waals surface area contributed by atoms with Crippen LogP contribution in [0.25, 0.3) is 0 Å². The van der Waals surface area contributed by atoms with Gasteiger partial charge in [-0.05, 0) is 29.4 Å². The number of carbonyl (C=O) groups is 1. The van der Waals surface area contributed by atoms with Crippen LogP contribution in [0.4, 0.5) is 0 Å². The quantitative estimate of drug-likeness (QED) is 0.894. The second-order valence-corrected chi connectivity index (χ2v) is 7.54. The first-order chi connectivity index (χ1) is 9.95. The van der Waals surface area contributed by atoms with Gasteiger partial charge in [-0.25, -0.2) is 0 Å². The minimum absolute atomic E-state index is 0. The molecule has 5 heteroatoms. The number of halogens is 1. The smallest absolute Gasteiger partial charge is 0.239 e. The van der Waals surface area contributed by atoms with Crippen LogP contribution in [0, 0.1) is 5.41 Å². The lowest BCUT2D eigenvalue weighted by Crippen LogP contribution is -2.43. The van der Waals surface area contributed by atoms with Gasteiger partial charge in [-0.1, -0.05) is 44.2 Å². The average Bonchev–Trinajstić information content (AvgIpc) is 2.80. The zero-order chi connectivity index (χ0) is 15.5. The number of nitrogens with zero attached hydrogens (tertiary/aromatic N) is 1. The molecule has 1 heterocycles. The van der Waals surface area contributed by atoms with Crippen LogP contribution >= 0.6 is 24.2 Å². The summed E-state index contributed by atoms with van der Waals surface area (Å²) in [6.45, 7) is 6.05. The van der Waals surface area contributed by atoms with Crippen molar-refractivity contribution in [2.24, 2.45) is 11.1 Å². The van der Waals surface area contributed by atoms with Crippen molar-refractivity contribution >= 4 is 30.1 Å². The highest BCUT2D eigenvalue weighted by Gasteiger charge is 2.42. The Balaban J connectivity index is 0.00000242. The number of carbonyl (C=O) groups excluding carboxylic acids is 1. The van der Waals surface area contributed by atoms with Crippen molar-refractivity contribution in [1.29, 1.82) is 0 Å². The van der Waals surface area contributed by atoms with Crippen molar-refractivity contribution < 1.29 is 4.79 Å². The monoisotopic (exact) mass is 342 g/mol. The summed E-state index contributed by atoms with van der Waals surface area (Å²) in [6.07, 6.45) is 2.80. The molecule has 3 nitrogen and oxygen atoms in total. The van der Waals surface area contributed by atoms with Crippen LogP contribution in [-0.4, -0.2) is 41.9 Å². The van der Waals surface area contributed by atoms with E-state index in [1.807, 2.05) is 17.2 Å². The Bertz CT molecular complexity index is 481. The highest BCUT2D eigenvalue weighted by atomic mass is 35.5. The van der Waals surface area contributed by atoms with Gasteiger partial charge in [0.25, 0.3) is 0 Å². The van der Waals surface area contributed by atoms with Crippen molar-refractivity contribution in [1.82, 2.24) is 4.90 Å². The van der Waals surface area contributed by atoms with Gasteiger partial charge in [0, 0.05) is 19.0 Å². The molecule has 0 bridgehead atoms. The van der Waals surface area contributed by atoms with Gasteiger partial charge < -0.3 is 10.6 Å². The maximum absolute atomic E-state index is 12.5. The molecule has 1 aromatic rings. The van der Waals surface area contributed by atoms with Gasteiger partial charge in [0.1, 0.15) is 0 Å². The summed E-state index contributed by atoms with van der Waals surface area (Å²) in [5, 5.41) is 0. The summed E-state index contributed by atoms with van der Waals surface area (Å²) in [5.41, 5.74) is 7.46. The zero-order valence-corrected chi connectivity index (χ0v) is 15.3. The minimum atomic E-state index is -0.359. The zero-order valence-electron chi connectivity index (χ0n) is 13.6. The molecule has 2 rings (SSSR count). The Kier molecular flexibility index (Phi) is 7.23. The molecule has 0 aromatic heterocycles. The number of benzene rings is 1. The Morgan fingerprint density at radius 2 is 2.05 bits per heavy atom. The number of hydrogen-bond acceptors (Lipinski definition) is 3. The van der Waals surface area contributed by atoms with Gasteiger partial charge in [-0.2, -0.15) is 11.8 Å². The molecular formula is C17H27ClN2OS. The first-order valence-corrected chi connectivity index (χ1v) is 8.93. The molecule has 0 spiro atoms. The summed E-state index contributed by atoms with van der Waals surface area (Å²) in [4.78, 5) is 14.5. The molecule has 2 atom stereocenters. The SMILES string of the molecule is CSCC[C@H](N)C(=O)N1CC(c2ccccc2)C(C)(C)C1.Cl. The van der Waals surface area contributed by atoms with Gasteiger partial charge in [0.15, 0.2) is 0 Å². The highest BCUT2D eigenvalue weighted by molar-refractivity contribution is 7.98. The fourth-order valence-corrected chi connectivity index (χ4v) is 3.64. The second-order valence-electron chi connectivity index (χ2n) is 6.56. The Morgan fingerprint density at radius 1 is 1.41 bits per heavy atom. The fourth-order valence-electron chi connectivity index (χ4n) is 3.15. The molecule has 1 aliphatic heterocycles. The van der Waals surface area contributed by atoms with Crippen molar-refractivity contribution in [2.75, 3.05) is 25.1 Å². The first-order valence-electron chi connectivity index (χ1n) is 7.54. The van der Waals surface area contributed by atoms with Crippen molar-refractivity contribution in [3.05, 3.63) is 35.9 Å². The predicted molar refractivity (Wildman–Crippen MR) is 97.8 cm³/mol. The first kappa shape index (κ1) is 19.3. The van der Waals surface area contributed by atoms with Crippen LogP contribution in [0.2, 0.25) is 0 Å². The highest BCUT2D eigenvalue weighted by Crippen LogP contribution is 2.42. The Labute approximate surface area is 144 Å². The van der Waals surface area contributed by atoms with Crippen LogP contribution in [0.1, 0.15) is 31.7 Å². The van der Waals surface area contributed by atoms with E-state index < -0.39 is 0 Å². The molecule has 1 unspecified atom stereocenters. The number of likely N-dealkylation sites (tertiary alicyclic amines) is 1. The summed E-state index contributed by atoms with van der Waals surface area (Å²) in [5.74, 6) is 1.43. The molecule has 124 valence electrons. The molecule has 0 radical (unpaired) electrons. The molecule has 0 saturated carbocycles. The van der Waals surface area contributed by atoms with Crippen LogP contribution in [0.5, 0.6) is 0 Å². The normalized spacial score (nSPS) is 21.3. The van der Waals surface area contributed by atoms with E-state index in [1.54, 1.807) is 11.8 Å². The molecule has 2 N–H and O–H groups in total. The van der Waals surface area contributed by atoms with Gasteiger partial charge >= 0.3 is 0 Å². The second kappa shape index (κ2) is 8.23. The van der Waals surface area contributed by atoms with Crippen LogP contribution < -0.4 is 5.73 Å². The largest absolute Gasteiger partial charge is 0.340 e. The minimum Gasteiger partial charge on any atom is -0.340 e. The summed E-state index contributed by atoms with van der Waals surface area (Å²) < 4.78 is 0. The van der Waals surface area contributed by atoms with E-state index in [0.717, 1.165) is 25.3 Å². The van der Waals surface area contributed by atoms with Crippen LogP contribution in [0.3, 0.4) is 0 Å². The number of rotatable bonds is 5. The van der Waals surface area contributed by atoms with Crippen molar-refractivity contribution in [3.63, 3.8) is 0 Å². The van der Waals surface area contributed by atoms with E-state index in [2.05, 4.69) is 38.1 Å². The summed E-state index contributed by atoms with van der Waals surface area (Å²) in [7, 11) is 0. The van der Waals surface area contributed by atoms with Crippen LogP contribution in [0.15, 0.2) is 30.3 Å². The van der Waals surface area contributed by atoms with Gasteiger partial charge in [-0.15, -0.1) is 12.4 Å². The van der Waals surface area contributed by atoms with Gasteiger partial charge in [0.2, 0.25) is 5.91 Å². The van der Waals surface area contributed by atoms with E-state index in [1.165, 1.54) is 5.56 Å². The lowest BCUT2D eigenvalue weighted by molar-refractivity contribution is -0.131. The van der Waals surface area contributed by atoms with E-state index in [4.69, 9.17) is 5.73 Å². The summed E-state index contributed by atoms with van der Waals surface area (Å²) in [6, 6.07) is 10.1. The molecule has 1 saturated heterocycles. The Hall–Kier alpha value is -0.710. The average molecular weight is 343 g/mol. The lowest BCUT2D eigenvalue weighted by atomic mass is 9.78. The number of amides is 1. The maximum atomic E-state index is 12.5. The predicted octanol–water partition coefficient (Wildman–Crippen LogP) is 3.14. The topological polar surface area (TPSA) is 46.3 Å². The number of hydrogen-bond donors (Lipinski definition) is 1. The third-order valence-electron chi connectivity index (χ3n) is 4.41. The van der Waals surface area contributed by atoms with Gasteiger partial charge in [0.05, 0.1) is 6.04 Å². The third-order valence-corrected chi connectivity index (χ3v) is 5.05. The van der Waals surface area contributed by atoms with Crippen molar-refractivity contribution in [3.8, 4) is 0 Å². The fraction of sp³-hybridized carbons (Fsp3) is 0.588.